The number of anilines is 1. The Morgan fingerprint density at radius 2 is 1.94 bits per heavy atom. The van der Waals surface area contributed by atoms with Crippen molar-refractivity contribution in [3.63, 3.8) is 0 Å². The third-order valence-electron chi connectivity index (χ3n) is 5.31. The molecule has 160 valence electrons. The molecule has 1 aromatic carbocycles. The summed E-state index contributed by atoms with van der Waals surface area (Å²) in [6.07, 6.45) is 4.48. The van der Waals surface area contributed by atoms with Crippen molar-refractivity contribution in [3.8, 4) is 11.4 Å². The number of nitrogens with one attached hydrogen (secondary N) is 1. The standard InChI is InChI=1S/C24H26ClN5O/c1-24(2,3)23(31)29-22-17(5-4-11-26-22)14-30-12-10-20-18(15-30)13-27-21(28-20)16-6-8-19(25)9-7-16/h4-9,11,13H,10,12,14-15H2,1-3H3,(H,26,29,31). The number of halogens is 1. The first-order valence-electron chi connectivity index (χ1n) is 10.4. The van der Waals surface area contributed by atoms with Crippen LogP contribution in [-0.2, 0) is 24.3 Å². The largest absolute Gasteiger partial charge is 0.310 e. The average molecular weight is 436 g/mol. The molecule has 0 bridgehead atoms. The highest BCUT2D eigenvalue weighted by atomic mass is 35.5. The van der Waals surface area contributed by atoms with Crippen LogP contribution in [-0.4, -0.2) is 32.3 Å². The molecule has 3 heterocycles. The fraction of sp³-hybridized carbons (Fsp3) is 0.333. The first-order chi connectivity index (χ1) is 14.8. The van der Waals surface area contributed by atoms with Crippen molar-refractivity contribution in [2.45, 2.75) is 40.3 Å². The predicted molar refractivity (Wildman–Crippen MR) is 123 cm³/mol. The summed E-state index contributed by atoms with van der Waals surface area (Å²) in [5.41, 5.74) is 3.71. The summed E-state index contributed by atoms with van der Waals surface area (Å²) in [4.78, 5) is 28.5. The second-order valence-electron chi connectivity index (χ2n) is 8.85. The van der Waals surface area contributed by atoms with Gasteiger partial charge in [-0.1, -0.05) is 38.4 Å². The number of pyridine rings is 1. The molecule has 1 aliphatic rings. The molecule has 7 heteroatoms. The smallest absolute Gasteiger partial charge is 0.230 e. The molecule has 0 atom stereocenters. The number of hydrogen-bond acceptors (Lipinski definition) is 5. The number of carbonyl (C=O) groups excluding carboxylic acids is 1. The van der Waals surface area contributed by atoms with E-state index in [1.165, 1.54) is 0 Å². The molecule has 31 heavy (non-hydrogen) atoms. The minimum atomic E-state index is -0.474. The van der Waals surface area contributed by atoms with E-state index in [9.17, 15) is 4.79 Å². The van der Waals surface area contributed by atoms with E-state index in [2.05, 4.69) is 20.2 Å². The van der Waals surface area contributed by atoms with Gasteiger partial charge in [-0.3, -0.25) is 9.69 Å². The fourth-order valence-electron chi connectivity index (χ4n) is 3.46. The molecule has 0 unspecified atom stereocenters. The monoisotopic (exact) mass is 435 g/mol. The van der Waals surface area contributed by atoms with Gasteiger partial charge >= 0.3 is 0 Å². The molecule has 1 N–H and O–H groups in total. The highest BCUT2D eigenvalue weighted by molar-refractivity contribution is 6.30. The number of nitrogens with zero attached hydrogens (tertiary/aromatic N) is 4. The zero-order valence-corrected chi connectivity index (χ0v) is 18.8. The lowest BCUT2D eigenvalue weighted by Gasteiger charge is -2.28. The van der Waals surface area contributed by atoms with Crippen LogP contribution in [0.25, 0.3) is 11.4 Å². The van der Waals surface area contributed by atoms with E-state index in [0.717, 1.165) is 47.7 Å². The van der Waals surface area contributed by atoms with Gasteiger partial charge in [-0.15, -0.1) is 0 Å². The molecule has 0 fully saturated rings. The van der Waals surface area contributed by atoms with Gasteiger partial charge in [0.25, 0.3) is 0 Å². The molecule has 1 aliphatic heterocycles. The second-order valence-corrected chi connectivity index (χ2v) is 9.28. The van der Waals surface area contributed by atoms with Gasteiger partial charge in [0.2, 0.25) is 5.91 Å². The van der Waals surface area contributed by atoms with Crippen LogP contribution in [0.15, 0.2) is 48.8 Å². The number of benzene rings is 1. The fourth-order valence-corrected chi connectivity index (χ4v) is 3.59. The summed E-state index contributed by atoms with van der Waals surface area (Å²) in [6, 6.07) is 11.5. The van der Waals surface area contributed by atoms with E-state index in [-0.39, 0.29) is 5.91 Å². The van der Waals surface area contributed by atoms with Gasteiger partial charge in [0, 0.05) is 65.6 Å². The molecule has 2 aromatic heterocycles. The van der Waals surface area contributed by atoms with Gasteiger partial charge in [-0.05, 0) is 30.3 Å². The summed E-state index contributed by atoms with van der Waals surface area (Å²) in [7, 11) is 0. The van der Waals surface area contributed by atoms with Crippen LogP contribution < -0.4 is 5.32 Å². The van der Waals surface area contributed by atoms with E-state index in [1.807, 2.05) is 63.4 Å². The maximum Gasteiger partial charge on any atom is 0.230 e. The summed E-state index contributed by atoms with van der Waals surface area (Å²) in [5, 5.41) is 3.68. The van der Waals surface area contributed by atoms with Crippen LogP contribution in [0.2, 0.25) is 5.02 Å². The van der Waals surface area contributed by atoms with Gasteiger partial charge in [0.05, 0.1) is 5.69 Å². The number of aromatic nitrogens is 3. The zero-order valence-electron chi connectivity index (χ0n) is 18.0. The van der Waals surface area contributed by atoms with Crippen molar-refractivity contribution in [1.82, 2.24) is 19.9 Å². The number of fused-ring (bicyclic) bond motifs is 1. The summed E-state index contributed by atoms with van der Waals surface area (Å²) >= 11 is 5.98. The van der Waals surface area contributed by atoms with Gasteiger partial charge in [-0.2, -0.15) is 0 Å². The second kappa shape index (κ2) is 8.73. The van der Waals surface area contributed by atoms with Crippen molar-refractivity contribution in [3.05, 3.63) is 70.6 Å². The van der Waals surface area contributed by atoms with Crippen LogP contribution in [0.3, 0.4) is 0 Å². The maximum atomic E-state index is 12.4. The lowest BCUT2D eigenvalue weighted by atomic mass is 9.95. The minimum Gasteiger partial charge on any atom is -0.310 e. The SMILES string of the molecule is CC(C)(C)C(=O)Nc1ncccc1CN1CCc2nc(-c3ccc(Cl)cc3)ncc2C1. The zero-order chi connectivity index (χ0) is 22.0. The normalized spacial score (nSPS) is 14.2. The summed E-state index contributed by atoms with van der Waals surface area (Å²) in [5.74, 6) is 1.31. The quantitative estimate of drug-likeness (QED) is 0.641. The first-order valence-corrected chi connectivity index (χ1v) is 10.8. The summed E-state index contributed by atoms with van der Waals surface area (Å²) in [6.45, 7) is 8.02. The molecule has 0 saturated heterocycles. The van der Waals surface area contributed by atoms with E-state index in [1.54, 1.807) is 6.20 Å². The van der Waals surface area contributed by atoms with Crippen LogP contribution in [0.1, 0.15) is 37.6 Å². The molecule has 6 nitrogen and oxygen atoms in total. The average Bonchev–Trinajstić information content (AvgIpc) is 2.74. The van der Waals surface area contributed by atoms with Gasteiger partial charge in [0.15, 0.2) is 5.82 Å². The molecule has 4 rings (SSSR count). The maximum absolute atomic E-state index is 12.4. The van der Waals surface area contributed by atoms with Crippen molar-refractivity contribution < 1.29 is 4.79 Å². The van der Waals surface area contributed by atoms with Gasteiger partial charge in [-0.25, -0.2) is 15.0 Å². The molecule has 0 radical (unpaired) electrons. The van der Waals surface area contributed by atoms with Gasteiger partial charge < -0.3 is 5.32 Å². The molecule has 0 spiro atoms. The summed E-state index contributed by atoms with van der Waals surface area (Å²) < 4.78 is 0. The Kier molecular flexibility index (Phi) is 6.03. The predicted octanol–water partition coefficient (Wildman–Crippen LogP) is 4.73. The van der Waals surface area contributed by atoms with Crippen molar-refractivity contribution >= 4 is 23.3 Å². The van der Waals surface area contributed by atoms with E-state index in [4.69, 9.17) is 16.6 Å². The number of amides is 1. The molecule has 0 saturated carbocycles. The van der Waals surface area contributed by atoms with Crippen molar-refractivity contribution in [2.24, 2.45) is 5.41 Å². The molecule has 1 amide bonds. The van der Waals surface area contributed by atoms with E-state index < -0.39 is 5.41 Å². The van der Waals surface area contributed by atoms with Crippen molar-refractivity contribution in [2.75, 3.05) is 11.9 Å². The van der Waals surface area contributed by atoms with E-state index in [0.29, 0.717) is 17.4 Å². The third kappa shape index (κ3) is 5.09. The van der Waals surface area contributed by atoms with Crippen molar-refractivity contribution in [1.29, 1.82) is 0 Å². The molecule has 0 aliphatic carbocycles. The minimum absolute atomic E-state index is 0.0421. The number of hydrogen-bond donors (Lipinski definition) is 1. The van der Waals surface area contributed by atoms with Gasteiger partial charge in [0.1, 0.15) is 5.82 Å². The Balaban J connectivity index is 1.48. The Morgan fingerprint density at radius 3 is 2.68 bits per heavy atom. The Morgan fingerprint density at radius 1 is 1.16 bits per heavy atom. The molecular weight excluding hydrogens is 410 g/mol. The van der Waals surface area contributed by atoms with Crippen LogP contribution >= 0.6 is 11.6 Å². The topological polar surface area (TPSA) is 71.0 Å². The van der Waals surface area contributed by atoms with Crippen LogP contribution in [0, 0.1) is 5.41 Å². The van der Waals surface area contributed by atoms with Crippen LogP contribution in [0.4, 0.5) is 5.82 Å². The molecule has 3 aromatic rings. The Hall–Kier alpha value is -2.83. The highest BCUT2D eigenvalue weighted by Gasteiger charge is 2.24. The highest BCUT2D eigenvalue weighted by Crippen LogP contribution is 2.25. The van der Waals surface area contributed by atoms with Crippen LogP contribution in [0.5, 0.6) is 0 Å². The number of rotatable bonds is 4. The Labute approximate surface area is 187 Å². The Bertz CT molecular complexity index is 1090. The lowest BCUT2D eigenvalue weighted by molar-refractivity contribution is -0.123. The number of carbonyl (C=O) groups is 1. The molecular formula is C24H26ClN5O. The van der Waals surface area contributed by atoms with E-state index >= 15 is 0 Å². The first kappa shape index (κ1) is 21.4. The lowest BCUT2D eigenvalue weighted by Crippen LogP contribution is -2.32. The third-order valence-corrected chi connectivity index (χ3v) is 5.57.